The molecule has 0 unspecified atom stereocenters. The maximum Gasteiger partial charge on any atom is 0.417 e. The minimum absolute atomic E-state index is 0.178. The smallest absolute Gasteiger partial charge is 0.417 e. The van der Waals surface area contributed by atoms with Gasteiger partial charge in [-0.1, -0.05) is 0 Å². The minimum atomic E-state index is -4.68. The number of imidazole rings is 1. The number of hydrogen-bond acceptors (Lipinski definition) is 4. The predicted octanol–water partition coefficient (Wildman–Crippen LogP) is 4.15. The summed E-state index contributed by atoms with van der Waals surface area (Å²) < 4.78 is 58.5. The lowest BCUT2D eigenvalue weighted by molar-refractivity contribution is -0.138. The van der Waals surface area contributed by atoms with E-state index < -0.39 is 29.0 Å². The summed E-state index contributed by atoms with van der Waals surface area (Å²) in [6.07, 6.45) is -2.63. The van der Waals surface area contributed by atoms with E-state index in [2.05, 4.69) is 9.97 Å². The van der Waals surface area contributed by atoms with Crippen molar-refractivity contribution in [1.29, 1.82) is 0 Å². The molecule has 9 heteroatoms. The van der Waals surface area contributed by atoms with E-state index in [0.29, 0.717) is 24.3 Å². The molecule has 5 nitrogen and oxygen atoms in total. The van der Waals surface area contributed by atoms with E-state index in [4.69, 9.17) is 4.74 Å². The first-order chi connectivity index (χ1) is 12.0. The molecule has 3 aromatic rings. The lowest BCUT2D eigenvalue weighted by Gasteiger charge is -2.18. The molecule has 0 spiro atoms. The molecule has 0 amide bonds. The van der Waals surface area contributed by atoms with Crippen LogP contribution in [0.15, 0.2) is 36.8 Å². The number of ether oxygens (including phenoxy) is 1. The van der Waals surface area contributed by atoms with Crippen molar-refractivity contribution >= 4 is 11.0 Å². The zero-order valence-corrected chi connectivity index (χ0v) is 13.9. The van der Waals surface area contributed by atoms with Crippen molar-refractivity contribution in [2.75, 3.05) is 0 Å². The summed E-state index contributed by atoms with van der Waals surface area (Å²) in [7, 11) is 0. The number of rotatable bonds is 4. The van der Waals surface area contributed by atoms with Crippen molar-refractivity contribution in [3.05, 3.63) is 48.2 Å². The van der Waals surface area contributed by atoms with Gasteiger partial charge in [0.05, 0.1) is 35.1 Å². The first-order valence-corrected chi connectivity index (χ1v) is 7.61. The standard InChI is InChI=1S/C17H15F4N3O2/c1-16(2,25)8-24-9-23-13-6-11(3-4-14(13)24)26-15-12(18)5-10(7-22-15)17(19,20)21/h3-7,9,25H,8H2,1-2H3. The summed E-state index contributed by atoms with van der Waals surface area (Å²) in [5.41, 5.74) is -0.877. The molecule has 0 atom stereocenters. The summed E-state index contributed by atoms with van der Waals surface area (Å²) in [5, 5.41) is 9.91. The molecule has 0 saturated heterocycles. The molecule has 0 fully saturated rings. The van der Waals surface area contributed by atoms with Crippen molar-refractivity contribution < 1.29 is 27.4 Å². The Morgan fingerprint density at radius 2 is 1.88 bits per heavy atom. The van der Waals surface area contributed by atoms with E-state index in [1.807, 2.05) is 0 Å². The normalized spacial score (nSPS) is 12.6. The molecule has 26 heavy (non-hydrogen) atoms. The summed E-state index contributed by atoms with van der Waals surface area (Å²) >= 11 is 0. The van der Waals surface area contributed by atoms with E-state index in [9.17, 15) is 22.7 Å². The summed E-state index contributed by atoms with van der Waals surface area (Å²) in [6.45, 7) is 3.64. The number of alkyl halides is 3. The third-order valence-electron chi connectivity index (χ3n) is 3.50. The SMILES string of the molecule is CC(C)(O)Cn1cnc2cc(Oc3ncc(C(F)(F)F)cc3F)ccc21. The van der Waals surface area contributed by atoms with Crippen molar-refractivity contribution in [2.24, 2.45) is 0 Å². The molecule has 0 aliphatic heterocycles. The quantitative estimate of drug-likeness (QED) is 0.702. The minimum Gasteiger partial charge on any atom is -0.436 e. The molecule has 0 saturated carbocycles. The van der Waals surface area contributed by atoms with Gasteiger partial charge in [-0.2, -0.15) is 13.2 Å². The van der Waals surface area contributed by atoms with Gasteiger partial charge in [0.15, 0.2) is 5.82 Å². The molecule has 1 aromatic carbocycles. The van der Waals surface area contributed by atoms with Gasteiger partial charge in [-0.25, -0.2) is 14.4 Å². The van der Waals surface area contributed by atoms with Gasteiger partial charge in [0.2, 0.25) is 0 Å². The monoisotopic (exact) mass is 369 g/mol. The van der Waals surface area contributed by atoms with Crippen LogP contribution in [0.3, 0.4) is 0 Å². The van der Waals surface area contributed by atoms with Gasteiger partial charge in [0.1, 0.15) is 5.75 Å². The second-order valence-corrected chi connectivity index (χ2v) is 6.45. The number of hydrogen-bond donors (Lipinski definition) is 1. The number of nitrogens with zero attached hydrogens (tertiary/aromatic N) is 3. The van der Waals surface area contributed by atoms with E-state index in [1.54, 1.807) is 30.8 Å². The molecular weight excluding hydrogens is 354 g/mol. The zero-order chi connectivity index (χ0) is 19.1. The number of pyridine rings is 1. The number of benzene rings is 1. The van der Waals surface area contributed by atoms with Crippen LogP contribution in [0.5, 0.6) is 11.6 Å². The zero-order valence-electron chi connectivity index (χ0n) is 13.9. The Morgan fingerprint density at radius 1 is 1.15 bits per heavy atom. The van der Waals surface area contributed by atoms with Crippen LogP contribution in [-0.4, -0.2) is 25.2 Å². The topological polar surface area (TPSA) is 60.2 Å². The van der Waals surface area contributed by atoms with Gasteiger partial charge >= 0.3 is 6.18 Å². The Bertz CT molecular complexity index is 945. The fraction of sp³-hybridized carbons (Fsp3) is 0.294. The molecular formula is C17H15F4N3O2. The number of aromatic nitrogens is 3. The Hall–Kier alpha value is -2.68. The van der Waals surface area contributed by atoms with Gasteiger partial charge in [0, 0.05) is 12.3 Å². The summed E-state index contributed by atoms with van der Waals surface area (Å²) in [5.74, 6) is -1.60. The Balaban J connectivity index is 1.86. The highest BCUT2D eigenvalue weighted by molar-refractivity contribution is 5.77. The summed E-state index contributed by atoms with van der Waals surface area (Å²) in [4.78, 5) is 7.58. The molecule has 0 bridgehead atoms. The molecule has 138 valence electrons. The van der Waals surface area contributed by atoms with Crippen LogP contribution in [-0.2, 0) is 12.7 Å². The van der Waals surface area contributed by atoms with Crippen LogP contribution in [0.2, 0.25) is 0 Å². The highest BCUT2D eigenvalue weighted by Gasteiger charge is 2.32. The molecule has 2 aromatic heterocycles. The van der Waals surface area contributed by atoms with Gasteiger partial charge in [0.25, 0.3) is 5.88 Å². The van der Waals surface area contributed by atoms with Crippen LogP contribution in [0.4, 0.5) is 17.6 Å². The van der Waals surface area contributed by atoms with E-state index in [-0.39, 0.29) is 5.75 Å². The van der Waals surface area contributed by atoms with Crippen molar-refractivity contribution in [1.82, 2.24) is 14.5 Å². The third kappa shape index (κ3) is 3.93. The number of halogens is 4. The Morgan fingerprint density at radius 3 is 2.50 bits per heavy atom. The molecule has 2 heterocycles. The van der Waals surface area contributed by atoms with Crippen LogP contribution < -0.4 is 4.74 Å². The largest absolute Gasteiger partial charge is 0.436 e. The third-order valence-corrected chi connectivity index (χ3v) is 3.50. The van der Waals surface area contributed by atoms with Gasteiger partial charge < -0.3 is 14.4 Å². The lowest BCUT2D eigenvalue weighted by atomic mass is 10.1. The van der Waals surface area contributed by atoms with Crippen molar-refractivity contribution in [2.45, 2.75) is 32.2 Å². The Kier molecular flexibility index (Phi) is 4.35. The fourth-order valence-corrected chi connectivity index (χ4v) is 2.42. The fourth-order valence-electron chi connectivity index (χ4n) is 2.42. The first-order valence-electron chi connectivity index (χ1n) is 7.61. The second-order valence-electron chi connectivity index (χ2n) is 6.45. The van der Waals surface area contributed by atoms with Crippen LogP contribution in [0.1, 0.15) is 19.4 Å². The van der Waals surface area contributed by atoms with Crippen LogP contribution >= 0.6 is 0 Å². The molecule has 0 aliphatic rings. The van der Waals surface area contributed by atoms with Gasteiger partial charge in [-0.05, 0) is 32.0 Å². The molecule has 1 N–H and O–H groups in total. The number of aliphatic hydroxyl groups is 1. The highest BCUT2D eigenvalue weighted by atomic mass is 19.4. The lowest BCUT2D eigenvalue weighted by Crippen LogP contribution is -2.25. The first kappa shape index (κ1) is 18.1. The molecule has 0 radical (unpaired) electrons. The van der Waals surface area contributed by atoms with Gasteiger partial charge in [-0.15, -0.1) is 0 Å². The van der Waals surface area contributed by atoms with E-state index in [0.717, 1.165) is 5.52 Å². The maximum atomic E-state index is 13.8. The second kappa shape index (κ2) is 6.24. The average Bonchev–Trinajstić information content (AvgIpc) is 2.89. The van der Waals surface area contributed by atoms with Crippen LogP contribution in [0, 0.1) is 5.82 Å². The maximum absolute atomic E-state index is 13.8. The van der Waals surface area contributed by atoms with E-state index >= 15 is 0 Å². The van der Waals surface area contributed by atoms with Gasteiger partial charge in [-0.3, -0.25) is 0 Å². The number of fused-ring (bicyclic) bond motifs is 1. The molecule has 3 rings (SSSR count). The molecule has 0 aliphatic carbocycles. The Labute approximate surface area is 145 Å². The summed E-state index contributed by atoms with van der Waals surface area (Å²) in [6, 6.07) is 5.02. The van der Waals surface area contributed by atoms with Crippen molar-refractivity contribution in [3.8, 4) is 11.6 Å². The van der Waals surface area contributed by atoms with Crippen LogP contribution in [0.25, 0.3) is 11.0 Å². The average molecular weight is 369 g/mol. The predicted molar refractivity (Wildman–Crippen MR) is 85.3 cm³/mol. The van der Waals surface area contributed by atoms with E-state index in [1.165, 1.54) is 12.1 Å². The van der Waals surface area contributed by atoms with Crippen molar-refractivity contribution in [3.63, 3.8) is 0 Å². The highest BCUT2D eigenvalue weighted by Crippen LogP contribution is 2.32.